The smallest absolute Gasteiger partial charge is 0.231 e. The number of fused-ring (bicyclic) bond motifs is 4. The van der Waals surface area contributed by atoms with Crippen LogP contribution in [0.25, 0.3) is 10.9 Å². The molecule has 0 spiro atoms. The number of aromatic nitrogens is 1. The highest BCUT2D eigenvalue weighted by Gasteiger charge is 2.22. The molecule has 0 bridgehead atoms. The summed E-state index contributed by atoms with van der Waals surface area (Å²) in [5.74, 6) is 1.69. The van der Waals surface area contributed by atoms with Crippen molar-refractivity contribution in [2.24, 2.45) is 0 Å². The first-order chi connectivity index (χ1) is 14.2. The van der Waals surface area contributed by atoms with E-state index in [2.05, 4.69) is 34.1 Å². The van der Waals surface area contributed by atoms with Gasteiger partial charge in [-0.2, -0.15) is 0 Å². The van der Waals surface area contributed by atoms with Gasteiger partial charge in [-0.25, -0.2) is 0 Å². The van der Waals surface area contributed by atoms with Crippen LogP contribution >= 0.6 is 24.4 Å². The van der Waals surface area contributed by atoms with Crippen LogP contribution in [0, 0.1) is 0 Å². The summed E-state index contributed by atoms with van der Waals surface area (Å²) in [7, 11) is 1.96. The molecule has 2 aliphatic rings. The number of nitrogens with zero attached hydrogens (tertiary/aromatic N) is 2. The molecule has 5 nitrogen and oxygen atoms in total. The number of hydrogen-bond donors (Lipinski definition) is 1. The molecule has 3 heterocycles. The highest BCUT2D eigenvalue weighted by Crippen LogP contribution is 2.30. The fraction of sp³-hybridized carbons (Fsp3) is 0.273. The van der Waals surface area contributed by atoms with Gasteiger partial charge in [0.2, 0.25) is 6.79 Å². The van der Waals surface area contributed by atoms with E-state index in [1.807, 2.05) is 36.2 Å². The van der Waals surface area contributed by atoms with Crippen LogP contribution in [0.1, 0.15) is 11.3 Å². The van der Waals surface area contributed by atoms with Gasteiger partial charge in [-0.3, -0.25) is 0 Å². The Morgan fingerprint density at radius 2 is 1.83 bits per heavy atom. The Balaban J connectivity index is 0.000000188. The van der Waals surface area contributed by atoms with Gasteiger partial charge in [-0.1, -0.05) is 54.8 Å². The van der Waals surface area contributed by atoms with Crippen molar-refractivity contribution in [3.63, 3.8) is 0 Å². The van der Waals surface area contributed by atoms with Crippen molar-refractivity contribution in [2.75, 3.05) is 26.9 Å². The lowest BCUT2D eigenvalue weighted by Gasteiger charge is -2.30. The second-order valence-electron chi connectivity index (χ2n) is 7.07. The number of para-hydroxylation sites is 3. The van der Waals surface area contributed by atoms with Crippen LogP contribution in [-0.2, 0) is 13.0 Å². The molecule has 2 aliphatic heterocycles. The molecule has 2 aromatic carbocycles. The first kappa shape index (κ1) is 19.7. The summed E-state index contributed by atoms with van der Waals surface area (Å²) < 4.78 is 10.2. The minimum atomic E-state index is 0.360. The zero-order valence-electron chi connectivity index (χ0n) is 16.3. The van der Waals surface area contributed by atoms with E-state index >= 15 is 0 Å². The molecule has 7 heteroatoms. The van der Waals surface area contributed by atoms with E-state index in [1.165, 1.54) is 22.2 Å². The molecule has 29 heavy (non-hydrogen) atoms. The molecule has 5 rings (SSSR count). The predicted octanol–water partition coefficient (Wildman–Crippen LogP) is 4.16. The Morgan fingerprint density at radius 3 is 2.55 bits per heavy atom. The zero-order chi connectivity index (χ0) is 20.2. The van der Waals surface area contributed by atoms with Gasteiger partial charge in [-0.15, -0.1) is 0 Å². The molecule has 0 aliphatic carbocycles. The van der Waals surface area contributed by atoms with Gasteiger partial charge in [-0.05, 0) is 30.2 Å². The number of benzene rings is 2. The second kappa shape index (κ2) is 8.80. The lowest BCUT2D eigenvalue weighted by atomic mass is 10.0. The molecule has 0 saturated heterocycles. The number of rotatable bonds is 3. The van der Waals surface area contributed by atoms with Crippen molar-refractivity contribution in [3.8, 4) is 11.5 Å². The van der Waals surface area contributed by atoms with E-state index < -0.39 is 0 Å². The third-order valence-corrected chi connectivity index (χ3v) is 5.83. The average Bonchev–Trinajstić information content (AvgIpc) is 3.37. The quantitative estimate of drug-likeness (QED) is 0.636. The van der Waals surface area contributed by atoms with Crippen molar-refractivity contribution >= 4 is 45.8 Å². The zero-order valence-corrected chi connectivity index (χ0v) is 17.9. The van der Waals surface area contributed by atoms with Crippen LogP contribution in [0.4, 0.5) is 0 Å². The van der Waals surface area contributed by atoms with Gasteiger partial charge in [0.25, 0.3) is 0 Å². The number of likely N-dealkylation sites (N-methyl/N-ethyl adjacent to an activating group) is 1. The molecule has 0 unspecified atom stereocenters. The summed E-state index contributed by atoms with van der Waals surface area (Å²) >= 11 is 10.4. The summed E-state index contributed by atoms with van der Waals surface area (Å²) in [5.41, 5.74) is 5.61. The van der Waals surface area contributed by atoms with E-state index in [1.54, 1.807) is 5.49 Å². The Labute approximate surface area is 181 Å². The van der Waals surface area contributed by atoms with Gasteiger partial charge in [0.05, 0.1) is 23.6 Å². The Morgan fingerprint density at radius 1 is 1.14 bits per heavy atom. The van der Waals surface area contributed by atoms with Crippen molar-refractivity contribution in [2.45, 2.75) is 13.0 Å². The SMILES string of the molecule is CN(C=S)CC(=S)N1CCc2c([nH]c3ccccc23)C1.c1ccc2c(c1)OCO2. The summed E-state index contributed by atoms with van der Waals surface area (Å²) in [4.78, 5) is 8.69. The number of nitrogens with one attached hydrogen (secondary N) is 1. The maximum Gasteiger partial charge on any atom is 0.231 e. The molecule has 1 aromatic heterocycles. The topological polar surface area (TPSA) is 40.7 Å². The van der Waals surface area contributed by atoms with Crippen molar-refractivity contribution < 1.29 is 9.47 Å². The molecule has 1 N–H and O–H groups in total. The minimum absolute atomic E-state index is 0.360. The van der Waals surface area contributed by atoms with E-state index in [0.717, 1.165) is 36.0 Å². The maximum absolute atomic E-state index is 5.53. The average molecular weight is 426 g/mol. The van der Waals surface area contributed by atoms with Crippen LogP contribution in [0.3, 0.4) is 0 Å². The molecular weight excluding hydrogens is 402 g/mol. The summed E-state index contributed by atoms with van der Waals surface area (Å²) in [6.45, 7) is 2.93. The van der Waals surface area contributed by atoms with Crippen LogP contribution in [0.5, 0.6) is 11.5 Å². The summed E-state index contributed by atoms with van der Waals surface area (Å²) in [6, 6.07) is 16.1. The van der Waals surface area contributed by atoms with Gasteiger partial charge >= 0.3 is 0 Å². The number of hydrogen-bond acceptors (Lipinski definition) is 4. The standard InChI is InChI=1S/C15H17N3S2.C7H6O2/c1-17(10-19)9-15(20)18-7-6-12-11-4-2-3-5-13(11)16-14(12)8-18;1-2-4-7-6(3-1)8-5-9-7/h2-5,10,16H,6-9H2,1H3;1-4H,5H2. The molecule has 0 fully saturated rings. The number of ether oxygens (including phenoxy) is 2. The van der Waals surface area contributed by atoms with E-state index in [0.29, 0.717) is 13.3 Å². The Kier molecular flexibility index (Phi) is 5.97. The van der Waals surface area contributed by atoms with Crippen molar-refractivity contribution in [1.29, 1.82) is 0 Å². The van der Waals surface area contributed by atoms with Crippen LogP contribution < -0.4 is 9.47 Å². The normalized spacial score (nSPS) is 14.0. The van der Waals surface area contributed by atoms with Crippen LogP contribution in [0.2, 0.25) is 0 Å². The molecule has 0 atom stereocenters. The first-order valence-electron chi connectivity index (χ1n) is 9.52. The van der Waals surface area contributed by atoms with Crippen molar-refractivity contribution in [3.05, 3.63) is 59.8 Å². The number of thiocarbonyl (C=S) groups is 2. The molecule has 0 radical (unpaired) electrons. The molecule has 3 aromatic rings. The van der Waals surface area contributed by atoms with Gasteiger partial charge in [0.15, 0.2) is 11.5 Å². The highest BCUT2D eigenvalue weighted by atomic mass is 32.1. The van der Waals surface area contributed by atoms with Gasteiger partial charge < -0.3 is 24.3 Å². The Bertz CT molecular complexity index is 1010. The maximum atomic E-state index is 5.53. The third-order valence-electron chi connectivity index (χ3n) is 5.08. The van der Waals surface area contributed by atoms with Gasteiger partial charge in [0, 0.05) is 30.2 Å². The third kappa shape index (κ3) is 4.36. The van der Waals surface area contributed by atoms with E-state index in [-0.39, 0.29) is 0 Å². The number of H-pyrrole nitrogens is 1. The van der Waals surface area contributed by atoms with Crippen molar-refractivity contribution in [1.82, 2.24) is 14.8 Å². The fourth-order valence-electron chi connectivity index (χ4n) is 3.60. The Hall–Kier alpha value is -2.64. The molecular formula is C22H23N3O2S2. The highest BCUT2D eigenvalue weighted by molar-refractivity contribution is 7.80. The lowest BCUT2D eigenvalue weighted by Crippen LogP contribution is -2.40. The molecule has 0 amide bonds. The number of aromatic amines is 1. The van der Waals surface area contributed by atoms with E-state index in [4.69, 9.17) is 33.9 Å². The predicted molar refractivity (Wildman–Crippen MR) is 124 cm³/mol. The van der Waals surface area contributed by atoms with Gasteiger partial charge in [0.1, 0.15) is 0 Å². The van der Waals surface area contributed by atoms with Crippen LogP contribution in [-0.4, -0.2) is 52.2 Å². The van der Waals surface area contributed by atoms with E-state index in [9.17, 15) is 0 Å². The largest absolute Gasteiger partial charge is 0.454 e. The minimum Gasteiger partial charge on any atom is -0.454 e. The van der Waals surface area contributed by atoms with Crippen LogP contribution in [0.15, 0.2) is 48.5 Å². The summed E-state index contributed by atoms with van der Waals surface area (Å²) in [6.07, 6.45) is 1.04. The lowest BCUT2D eigenvalue weighted by molar-refractivity contribution is 0.174. The monoisotopic (exact) mass is 425 g/mol. The molecule has 0 saturated carbocycles. The fourth-order valence-corrected chi connectivity index (χ4v) is 4.04. The summed E-state index contributed by atoms with van der Waals surface area (Å²) in [5, 5.41) is 1.35. The molecule has 150 valence electrons. The first-order valence-corrected chi connectivity index (χ1v) is 10.4. The second-order valence-corrected chi connectivity index (χ2v) is 7.75.